The number of carbonyl (C=O) groups excluding carboxylic acids is 1. The zero-order chi connectivity index (χ0) is 12.3. The highest BCUT2D eigenvalue weighted by molar-refractivity contribution is 5.36. The summed E-state index contributed by atoms with van der Waals surface area (Å²) in [4.78, 5) is 14.1. The lowest BCUT2D eigenvalue weighted by molar-refractivity contribution is 0.0841. The van der Waals surface area contributed by atoms with Gasteiger partial charge in [-0.3, -0.25) is 4.68 Å². The Morgan fingerprint density at radius 2 is 2.29 bits per heavy atom. The van der Waals surface area contributed by atoms with Gasteiger partial charge >= 0.3 is 0 Å². The van der Waals surface area contributed by atoms with E-state index in [2.05, 4.69) is 10.1 Å². The average Bonchev–Trinajstić information content (AvgIpc) is 2.73. The third-order valence-corrected chi connectivity index (χ3v) is 3.19. The zero-order valence-electron chi connectivity index (χ0n) is 10.2. The summed E-state index contributed by atoms with van der Waals surface area (Å²) in [6, 6.07) is -0.168. The smallest absolute Gasteiger partial charge is 0.235 e. The normalized spacial score (nSPS) is 18.7. The van der Waals surface area contributed by atoms with Crippen LogP contribution in [0.1, 0.15) is 43.0 Å². The largest absolute Gasteiger partial charge is 0.381 e. The van der Waals surface area contributed by atoms with Crippen molar-refractivity contribution in [3.63, 3.8) is 0 Å². The molecule has 2 rings (SSSR count). The van der Waals surface area contributed by atoms with Crippen molar-refractivity contribution in [1.29, 1.82) is 0 Å². The van der Waals surface area contributed by atoms with Crippen molar-refractivity contribution in [2.75, 3.05) is 13.2 Å². The second kappa shape index (κ2) is 5.25. The number of aliphatic imine (C=N–C) groups is 1. The van der Waals surface area contributed by atoms with Crippen LogP contribution in [0.2, 0.25) is 0 Å². The molecule has 1 unspecified atom stereocenters. The summed E-state index contributed by atoms with van der Waals surface area (Å²) in [7, 11) is 1.89. The summed E-state index contributed by atoms with van der Waals surface area (Å²) in [6.45, 7) is 3.46. The summed E-state index contributed by atoms with van der Waals surface area (Å²) in [5, 5.41) is 4.51. The first-order chi connectivity index (χ1) is 8.22. The van der Waals surface area contributed by atoms with Gasteiger partial charge in [0.25, 0.3) is 0 Å². The second-order valence-electron chi connectivity index (χ2n) is 4.43. The number of aryl methyl sites for hydroxylation is 1. The number of hydrogen-bond donors (Lipinski definition) is 0. The Hall–Kier alpha value is -1.45. The van der Waals surface area contributed by atoms with Crippen LogP contribution >= 0.6 is 0 Å². The number of hydrogen-bond acceptors (Lipinski definition) is 4. The summed E-state index contributed by atoms with van der Waals surface area (Å²) >= 11 is 0. The van der Waals surface area contributed by atoms with Gasteiger partial charge in [0.2, 0.25) is 6.08 Å². The van der Waals surface area contributed by atoms with Gasteiger partial charge in [0.1, 0.15) is 0 Å². The Morgan fingerprint density at radius 3 is 2.94 bits per heavy atom. The molecule has 92 valence electrons. The minimum absolute atomic E-state index is 0.168. The molecule has 0 aromatic carbocycles. The van der Waals surface area contributed by atoms with Gasteiger partial charge in [-0.2, -0.15) is 10.1 Å². The fraction of sp³-hybridized carbons (Fsp3) is 0.667. The Kier molecular flexibility index (Phi) is 3.71. The molecule has 1 atom stereocenters. The topological polar surface area (TPSA) is 56.5 Å². The Balaban J connectivity index is 2.28. The summed E-state index contributed by atoms with van der Waals surface area (Å²) in [5.41, 5.74) is 2.09. The van der Waals surface area contributed by atoms with E-state index < -0.39 is 0 Å². The van der Waals surface area contributed by atoms with E-state index in [1.807, 2.05) is 20.2 Å². The predicted octanol–water partition coefficient (Wildman–Crippen LogP) is 1.71. The zero-order valence-corrected chi connectivity index (χ0v) is 10.2. The van der Waals surface area contributed by atoms with E-state index in [9.17, 15) is 4.79 Å². The standard InChI is InChI=1S/C12H17N3O2/c1-9(13-8-16)11-7-15(2)14-12(11)10-3-5-17-6-4-10/h7,9-10H,3-6H2,1-2H3. The van der Waals surface area contributed by atoms with Crippen LogP contribution < -0.4 is 0 Å². The molecule has 0 spiro atoms. The highest BCUT2D eigenvalue weighted by atomic mass is 16.5. The third-order valence-electron chi connectivity index (χ3n) is 3.19. The van der Waals surface area contributed by atoms with Crippen LogP contribution in [-0.2, 0) is 16.6 Å². The lowest BCUT2D eigenvalue weighted by Gasteiger charge is -2.21. The van der Waals surface area contributed by atoms with Crippen molar-refractivity contribution in [1.82, 2.24) is 9.78 Å². The monoisotopic (exact) mass is 235 g/mol. The van der Waals surface area contributed by atoms with Crippen LogP contribution in [-0.4, -0.2) is 29.1 Å². The highest BCUT2D eigenvalue weighted by Crippen LogP contribution is 2.31. The van der Waals surface area contributed by atoms with Crippen LogP contribution in [0.3, 0.4) is 0 Å². The molecule has 1 saturated heterocycles. The maximum atomic E-state index is 10.3. The summed E-state index contributed by atoms with van der Waals surface area (Å²) in [6.07, 6.45) is 5.53. The Bertz CT molecular complexity index is 429. The van der Waals surface area contributed by atoms with Crippen LogP contribution in [0, 0.1) is 0 Å². The van der Waals surface area contributed by atoms with Crippen LogP contribution in [0.25, 0.3) is 0 Å². The molecule has 5 heteroatoms. The van der Waals surface area contributed by atoms with Crippen molar-refractivity contribution in [3.05, 3.63) is 17.5 Å². The molecule has 5 nitrogen and oxygen atoms in total. The molecule has 2 heterocycles. The maximum Gasteiger partial charge on any atom is 0.235 e. The number of aromatic nitrogens is 2. The molecule has 0 radical (unpaired) electrons. The average molecular weight is 235 g/mol. The van der Waals surface area contributed by atoms with E-state index in [1.54, 1.807) is 10.8 Å². The van der Waals surface area contributed by atoms with Gasteiger partial charge in [-0.05, 0) is 19.8 Å². The van der Waals surface area contributed by atoms with E-state index in [1.165, 1.54) is 0 Å². The molecule has 0 N–H and O–H groups in total. The van der Waals surface area contributed by atoms with Gasteiger partial charge < -0.3 is 4.74 Å². The predicted molar refractivity (Wildman–Crippen MR) is 62.5 cm³/mol. The third kappa shape index (κ3) is 2.62. The molecular formula is C12H17N3O2. The Morgan fingerprint density at radius 1 is 1.59 bits per heavy atom. The number of isocyanates is 1. The summed E-state index contributed by atoms with van der Waals surface area (Å²) < 4.78 is 7.14. The molecule has 1 aliphatic heterocycles. The van der Waals surface area contributed by atoms with Gasteiger partial charge in [-0.15, -0.1) is 0 Å². The van der Waals surface area contributed by atoms with Gasteiger partial charge in [0, 0.05) is 37.9 Å². The number of rotatable bonds is 3. The molecular weight excluding hydrogens is 218 g/mol. The van der Waals surface area contributed by atoms with Gasteiger partial charge in [0.15, 0.2) is 0 Å². The van der Waals surface area contributed by atoms with Gasteiger partial charge in [-0.25, -0.2) is 4.79 Å². The molecule has 0 aliphatic carbocycles. The molecule has 1 aromatic rings. The molecule has 1 aliphatic rings. The van der Waals surface area contributed by atoms with Crippen molar-refractivity contribution < 1.29 is 9.53 Å². The fourth-order valence-electron chi connectivity index (χ4n) is 2.28. The maximum absolute atomic E-state index is 10.3. The molecule has 17 heavy (non-hydrogen) atoms. The molecule has 1 fully saturated rings. The van der Waals surface area contributed by atoms with Gasteiger partial charge in [-0.1, -0.05) is 0 Å². The quantitative estimate of drug-likeness (QED) is 0.592. The lowest BCUT2D eigenvalue weighted by atomic mass is 9.92. The lowest BCUT2D eigenvalue weighted by Crippen LogP contribution is -2.16. The minimum atomic E-state index is -0.168. The van der Waals surface area contributed by atoms with E-state index in [0.717, 1.165) is 37.3 Å². The van der Waals surface area contributed by atoms with Crippen molar-refractivity contribution in [3.8, 4) is 0 Å². The van der Waals surface area contributed by atoms with Crippen molar-refractivity contribution in [2.45, 2.75) is 31.7 Å². The molecule has 0 saturated carbocycles. The van der Waals surface area contributed by atoms with E-state index in [0.29, 0.717) is 5.92 Å². The molecule has 1 aromatic heterocycles. The van der Waals surface area contributed by atoms with Crippen molar-refractivity contribution >= 4 is 6.08 Å². The first-order valence-electron chi connectivity index (χ1n) is 5.90. The van der Waals surface area contributed by atoms with E-state index in [-0.39, 0.29) is 6.04 Å². The first-order valence-corrected chi connectivity index (χ1v) is 5.90. The number of nitrogens with zero attached hydrogens (tertiary/aromatic N) is 3. The fourth-order valence-corrected chi connectivity index (χ4v) is 2.28. The van der Waals surface area contributed by atoms with E-state index in [4.69, 9.17) is 4.74 Å². The van der Waals surface area contributed by atoms with Crippen LogP contribution in [0.15, 0.2) is 11.2 Å². The summed E-state index contributed by atoms with van der Waals surface area (Å²) in [5.74, 6) is 0.421. The van der Waals surface area contributed by atoms with Crippen LogP contribution in [0.4, 0.5) is 0 Å². The first kappa shape index (κ1) is 12.0. The number of ether oxygens (including phenoxy) is 1. The SMILES string of the molecule is CC(N=C=O)c1cn(C)nc1C1CCOCC1. The molecule has 0 amide bonds. The van der Waals surface area contributed by atoms with Gasteiger partial charge in [0.05, 0.1) is 11.7 Å². The van der Waals surface area contributed by atoms with Crippen molar-refractivity contribution in [2.24, 2.45) is 12.0 Å². The second-order valence-corrected chi connectivity index (χ2v) is 4.43. The Labute approximate surface area is 100 Å². The minimum Gasteiger partial charge on any atom is -0.381 e. The van der Waals surface area contributed by atoms with Crippen LogP contribution in [0.5, 0.6) is 0 Å². The molecule has 0 bridgehead atoms. The van der Waals surface area contributed by atoms with E-state index >= 15 is 0 Å². The highest BCUT2D eigenvalue weighted by Gasteiger charge is 2.24.